The van der Waals surface area contributed by atoms with Crippen molar-refractivity contribution >= 4 is 6.03 Å². The fourth-order valence-corrected chi connectivity index (χ4v) is 1.69. The summed E-state index contributed by atoms with van der Waals surface area (Å²) in [5, 5.41) is 2.84. The Labute approximate surface area is 90.3 Å². The topological polar surface area (TPSA) is 41.6 Å². The number of hydrogen-bond donors (Lipinski definition) is 1. The molecule has 2 aliphatic rings. The van der Waals surface area contributed by atoms with Gasteiger partial charge in [-0.05, 0) is 25.7 Å². The second-order valence-electron chi connectivity index (χ2n) is 4.21. The number of nitrogens with one attached hydrogen (secondary N) is 1. The van der Waals surface area contributed by atoms with Crippen molar-refractivity contribution in [1.29, 1.82) is 0 Å². The van der Waals surface area contributed by atoms with Crippen molar-refractivity contribution in [3.05, 3.63) is 11.8 Å². The lowest BCUT2D eigenvalue weighted by molar-refractivity contribution is 0.0540. The number of rotatable bonds is 2. The van der Waals surface area contributed by atoms with Crippen LogP contribution in [0.4, 0.5) is 4.79 Å². The molecule has 2 rings (SSSR count). The number of urea groups is 1. The Morgan fingerprint density at radius 2 is 2.07 bits per heavy atom. The van der Waals surface area contributed by atoms with Gasteiger partial charge in [0.1, 0.15) is 0 Å². The van der Waals surface area contributed by atoms with Crippen LogP contribution in [-0.4, -0.2) is 37.2 Å². The van der Waals surface area contributed by atoms with E-state index in [0.29, 0.717) is 26.3 Å². The summed E-state index contributed by atoms with van der Waals surface area (Å²) < 4.78 is 5.19. The van der Waals surface area contributed by atoms with Gasteiger partial charge in [0.05, 0.1) is 13.2 Å². The molecule has 1 aliphatic heterocycles. The van der Waals surface area contributed by atoms with E-state index in [0.717, 1.165) is 5.92 Å². The predicted octanol–water partition coefficient (Wildman–Crippen LogP) is 1.34. The van der Waals surface area contributed by atoms with Gasteiger partial charge in [0.15, 0.2) is 0 Å². The third kappa shape index (κ3) is 2.96. The second-order valence-corrected chi connectivity index (χ2v) is 4.21. The normalized spacial score (nSPS) is 22.7. The molecule has 1 saturated carbocycles. The van der Waals surface area contributed by atoms with Crippen LogP contribution >= 0.6 is 0 Å². The summed E-state index contributed by atoms with van der Waals surface area (Å²) in [6.45, 7) is 4.78. The van der Waals surface area contributed by atoms with E-state index in [1.165, 1.54) is 18.4 Å². The summed E-state index contributed by atoms with van der Waals surface area (Å²) in [5.41, 5.74) is 1.29. The van der Waals surface area contributed by atoms with Crippen molar-refractivity contribution in [3.8, 4) is 0 Å². The van der Waals surface area contributed by atoms with Crippen molar-refractivity contribution < 1.29 is 9.53 Å². The van der Waals surface area contributed by atoms with Crippen LogP contribution in [0.25, 0.3) is 0 Å². The number of allylic oxidation sites excluding steroid dienone is 1. The van der Waals surface area contributed by atoms with Crippen molar-refractivity contribution in [3.63, 3.8) is 0 Å². The predicted molar refractivity (Wildman–Crippen MR) is 57.4 cm³/mol. The zero-order valence-corrected chi connectivity index (χ0v) is 9.16. The van der Waals surface area contributed by atoms with Crippen LogP contribution in [0.5, 0.6) is 0 Å². The minimum atomic E-state index is -0.00157. The molecule has 0 bridgehead atoms. The molecule has 4 nitrogen and oxygen atoms in total. The van der Waals surface area contributed by atoms with Crippen LogP contribution in [0.1, 0.15) is 19.8 Å². The lowest BCUT2D eigenvalue weighted by Crippen LogP contribution is -2.44. The number of morpholine rings is 1. The molecule has 0 aromatic rings. The number of amides is 2. The molecule has 84 valence electrons. The zero-order chi connectivity index (χ0) is 10.7. The Hall–Kier alpha value is -1.03. The average molecular weight is 210 g/mol. The maximum absolute atomic E-state index is 11.7. The molecule has 0 aromatic carbocycles. The smallest absolute Gasteiger partial charge is 0.321 e. The van der Waals surface area contributed by atoms with E-state index in [4.69, 9.17) is 4.74 Å². The molecule has 4 heteroatoms. The van der Waals surface area contributed by atoms with Gasteiger partial charge in [-0.3, -0.25) is 0 Å². The monoisotopic (exact) mass is 210 g/mol. The molecule has 1 saturated heterocycles. The van der Waals surface area contributed by atoms with Crippen LogP contribution in [0.15, 0.2) is 11.8 Å². The second kappa shape index (κ2) is 4.66. The van der Waals surface area contributed by atoms with Crippen molar-refractivity contribution in [2.75, 3.05) is 26.3 Å². The molecule has 1 heterocycles. The highest BCUT2D eigenvalue weighted by atomic mass is 16.5. The van der Waals surface area contributed by atoms with Gasteiger partial charge in [0.2, 0.25) is 0 Å². The largest absolute Gasteiger partial charge is 0.378 e. The Bertz CT molecular complexity index is 266. The fourth-order valence-electron chi connectivity index (χ4n) is 1.69. The maximum atomic E-state index is 11.7. The van der Waals surface area contributed by atoms with Crippen molar-refractivity contribution in [2.45, 2.75) is 19.8 Å². The first kappa shape index (κ1) is 10.5. The Morgan fingerprint density at radius 1 is 1.40 bits per heavy atom. The van der Waals surface area contributed by atoms with Gasteiger partial charge < -0.3 is 15.0 Å². The standard InChI is InChI=1S/C11H18N2O2/c1-9(10-2-3-10)8-12-11(14)13-4-6-15-7-5-13/h8,10H,2-7H2,1H3,(H,12,14)/b9-8+. The third-order valence-electron chi connectivity index (χ3n) is 2.94. The number of carbonyl (C=O) groups is 1. The van der Waals surface area contributed by atoms with Crippen LogP contribution in [0.3, 0.4) is 0 Å². The molecular formula is C11H18N2O2. The van der Waals surface area contributed by atoms with E-state index in [9.17, 15) is 4.79 Å². The average Bonchev–Trinajstić information content (AvgIpc) is 3.10. The highest BCUT2D eigenvalue weighted by Gasteiger charge is 2.23. The summed E-state index contributed by atoms with van der Waals surface area (Å²) in [4.78, 5) is 13.5. The first-order valence-corrected chi connectivity index (χ1v) is 5.57. The lowest BCUT2D eigenvalue weighted by Gasteiger charge is -2.26. The Kier molecular flexibility index (Phi) is 3.26. The third-order valence-corrected chi connectivity index (χ3v) is 2.94. The minimum Gasteiger partial charge on any atom is -0.378 e. The number of ether oxygens (including phenoxy) is 1. The van der Waals surface area contributed by atoms with Gasteiger partial charge in [0, 0.05) is 19.3 Å². The summed E-state index contributed by atoms with van der Waals surface area (Å²) in [6.07, 6.45) is 4.40. The van der Waals surface area contributed by atoms with Crippen LogP contribution < -0.4 is 5.32 Å². The molecule has 0 atom stereocenters. The minimum absolute atomic E-state index is 0.00157. The van der Waals surface area contributed by atoms with Gasteiger partial charge in [-0.25, -0.2) is 4.79 Å². The zero-order valence-electron chi connectivity index (χ0n) is 9.16. The summed E-state index contributed by atoms with van der Waals surface area (Å²) >= 11 is 0. The summed E-state index contributed by atoms with van der Waals surface area (Å²) in [7, 11) is 0. The Balaban J connectivity index is 1.77. The van der Waals surface area contributed by atoms with Crippen molar-refractivity contribution in [2.24, 2.45) is 5.92 Å². The van der Waals surface area contributed by atoms with Crippen LogP contribution in [-0.2, 0) is 4.74 Å². The first-order chi connectivity index (χ1) is 7.27. The maximum Gasteiger partial charge on any atom is 0.321 e. The SMILES string of the molecule is C/C(=C\NC(=O)N1CCOCC1)C1CC1. The van der Waals surface area contributed by atoms with Crippen molar-refractivity contribution in [1.82, 2.24) is 10.2 Å². The van der Waals surface area contributed by atoms with Gasteiger partial charge in [-0.15, -0.1) is 0 Å². The van der Waals surface area contributed by atoms with E-state index < -0.39 is 0 Å². The van der Waals surface area contributed by atoms with E-state index in [1.807, 2.05) is 6.20 Å². The molecule has 0 unspecified atom stereocenters. The molecule has 0 radical (unpaired) electrons. The van der Waals surface area contributed by atoms with Gasteiger partial charge in [0.25, 0.3) is 0 Å². The highest BCUT2D eigenvalue weighted by molar-refractivity contribution is 5.75. The highest BCUT2D eigenvalue weighted by Crippen LogP contribution is 2.35. The van der Waals surface area contributed by atoms with Gasteiger partial charge >= 0.3 is 6.03 Å². The molecule has 15 heavy (non-hydrogen) atoms. The number of hydrogen-bond acceptors (Lipinski definition) is 2. The van der Waals surface area contributed by atoms with Gasteiger partial charge in [-0.2, -0.15) is 0 Å². The quantitative estimate of drug-likeness (QED) is 0.747. The molecule has 0 spiro atoms. The molecule has 1 N–H and O–H groups in total. The molecule has 1 aliphatic carbocycles. The van der Waals surface area contributed by atoms with E-state index in [2.05, 4.69) is 12.2 Å². The van der Waals surface area contributed by atoms with E-state index >= 15 is 0 Å². The van der Waals surface area contributed by atoms with Crippen LogP contribution in [0, 0.1) is 5.92 Å². The van der Waals surface area contributed by atoms with Crippen LogP contribution in [0.2, 0.25) is 0 Å². The number of carbonyl (C=O) groups excluding carboxylic acids is 1. The van der Waals surface area contributed by atoms with Gasteiger partial charge in [-0.1, -0.05) is 5.57 Å². The fraction of sp³-hybridized carbons (Fsp3) is 0.727. The molecule has 0 aromatic heterocycles. The van der Waals surface area contributed by atoms with E-state index in [1.54, 1.807) is 4.90 Å². The molecule has 2 amide bonds. The Morgan fingerprint density at radius 3 is 2.67 bits per heavy atom. The summed E-state index contributed by atoms with van der Waals surface area (Å²) in [5.74, 6) is 0.718. The first-order valence-electron chi connectivity index (χ1n) is 5.57. The molecular weight excluding hydrogens is 192 g/mol. The van der Waals surface area contributed by atoms with E-state index in [-0.39, 0.29) is 6.03 Å². The number of nitrogens with zero attached hydrogens (tertiary/aromatic N) is 1. The molecule has 2 fully saturated rings. The lowest BCUT2D eigenvalue weighted by atomic mass is 10.2. The summed E-state index contributed by atoms with van der Waals surface area (Å²) in [6, 6.07) is -0.00157.